The highest BCUT2D eigenvalue weighted by Crippen LogP contribution is 2.32. The fraction of sp³-hybridized carbons (Fsp3) is 0.476. The topological polar surface area (TPSA) is 64.0 Å². The minimum absolute atomic E-state index is 0.00570. The highest BCUT2D eigenvalue weighted by Gasteiger charge is 2.28. The molecule has 2 atom stereocenters. The summed E-state index contributed by atoms with van der Waals surface area (Å²) in [5.74, 6) is 0.932. The summed E-state index contributed by atoms with van der Waals surface area (Å²) in [5.41, 5.74) is 2.04. The molecular weight excluding hydrogens is 358 g/mol. The van der Waals surface area contributed by atoms with Crippen molar-refractivity contribution in [1.82, 2.24) is 14.9 Å². The van der Waals surface area contributed by atoms with Gasteiger partial charge in [-0.25, -0.2) is 4.98 Å². The zero-order valence-electron chi connectivity index (χ0n) is 16.1. The number of amides is 1. The average molecular weight is 386 g/mol. The van der Waals surface area contributed by atoms with Gasteiger partial charge in [0.15, 0.2) is 5.16 Å². The monoisotopic (exact) mass is 385 g/mol. The van der Waals surface area contributed by atoms with Gasteiger partial charge in [0.1, 0.15) is 0 Å². The molecule has 5 nitrogen and oxygen atoms in total. The summed E-state index contributed by atoms with van der Waals surface area (Å²) in [6, 6.07) is 11.9. The van der Waals surface area contributed by atoms with Crippen LogP contribution in [-0.2, 0) is 11.2 Å². The van der Waals surface area contributed by atoms with Crippen molar-refractivity contribution in [1.29, 1.82) is 0 Å². The number of aryl methyl sites for hydroxylation is 1. The lowest BCUT2D eigenvalue weighted by atomic mass is 10.1. The SMILES string of the molecule is CC(CCc1ccccc1)NC(=O)CC1CSc2nc(C(C)C)cc(=O)n21. The Morgan fingerprint density at radius 3 is 2.74 bits per heavy atom. The van der Waals surface area contributed by atoms with Crippen molar-refractivity contribution < 1.29 is 4.79 Å². The lowest BCUT2D eigenvalue weighted by Gasteiger charge is -2.17. The molecule has 3 rings (SSSR count). The summed E-state index contributed by atoms with van der Waals surface area (Å²) in [6.45, 7) is 6.08. The van der Waals surface area contributed by atoms with Crippen LogP contribution >= 0.6 is 11.8 Å². The summed E-state index contributed by atoms with van der Waals surface area (Å²) >= 11 is 1.56. The molecule has 2 heterocycles. The van der Waals surface area contributed by atoms with E-state index in [4.69, 9.17) is 0 Å². The van der Waals surface area contributed by atoms with E-state index in [0.29, 0.717) is 6.42 Å². The first kappa shape index (κ1) is 19.7. The van der Waals surface area contributed by atoms with E-state index in [9.17, 15) is 9.59 Å². The highest BCUT2D eigenvalue weighted by atomic mass is 32.2. The number of carbonyl (C=O) groups excluding carboxylic acids is 1. The van der Waals surface area contributed by atoms with E-state index in [1.807, 2.05) is 39.0 Å². The summed E-state index contributed by atoms with van der Waals surface area (Å²) in [4.78, 5) is 29.5. The normalized spacial score (nSPS) is 17.0. The number of nitrogens with one attached hydrogen (secondary N) is 1. The number of thioether (sulfide) groups is 1. The average Bonchev–Trinajstić information content (AvgIpc) is 3.04. The van der Waals surface area contributed by atoms with Crippen LogP contribution in [0.25, 0.3) is 0 Å². The van der Waals surface area contributed by atoms with Crippen LogP contribution in [0.2, 0.25) is 0 Å². The van der Waals surface area contributed by atoms with Crippen molar-refractivity contribution in [2.45, 2.75) is 63.2 Å². The fourth-order valence-corrected chi connectivity index (χ4v) is 4.42. The fourth-order valence-electron chi connectivity index (χ4n) is 3.26. The van der Waals surface area contributed by atoms with Gasteiger partial charge in [-0.15, -0.1) is 0 Å². The molecule has 2 unspecified atom stereocenters. The van der Waals surface area contributed by atoms with Crippen LogP contribution in [0.3, 0.4) is 0 Å². The van der Waals surface area contributed by atoms with Gasteiger partial charge in [0.05, 0.1) is 11.7 Å². The Balaban J connectivity index is 1.56. The Hall–Kier alpha value is -2.08. The molecule has 6 heteroatoms. The smallest absolute Gasteiger partial charge is 0.254 e. The highest BCUT2D eigenvalue weighted by molar-refractivity contribution is 7.99. The Kier molecular flexibility index (Phi) is 6.37. The van der Waals surface area contributed by atoms with Crippen molar-refractivity contribution in [2.75, 3.05) is 5.75 Å². The first-order valence-electron chi connectivity index (χ1n) is 9.53. The summed E-state index contributed by atoms with van der Waals surface area (Å²) < 4.78 is 1.69. The van der Waals surface area contributed by atoms with E-state index in [1.165, 1.54) is 5.56 Å². The number of aromatic nitrogens is 2. The first-order valence-corrected chi connectivity index (χ1v) is 10.5. The summed E-state index contributed by atoms with van der Waals surface area (Å²) in [5, 5.41) is 3.81. The van der Waals surface area contributed by atoms with Gasteiger partial charge in [-0.1, -0.05) is 55.9 Å². The Morgan fingerprint density at radius 2 is 2.04 bits per heavy atom. The summed E-state index contributed by atoms with van der Waals surface area (Å²) in [6.07, 6.45) is 2.15. The van der Waals surface area contributed by atoms with Crippen molar-refractivity contribution in [2.24, 2.45) is 0 Å². The van der Waals surface area contributed by atoms with Gasteiger partial charge in [0.2, 0.25) is 5.91 Å². The van der Waals surface area contributed by atoms with Crippen LogP contribution < -0.4 is 10.9 Å². The number of rotatable bonds is 7. The van der Waals surface area contributed by atoms with E-state index < -0.39 is 0 Å². The minimum Gasteiger partial charge on any atom is -0.354 e. The molecule has 144 valence electrons. The molecule has 0 saturated carbocycles. The van der Waals surface area contributed by atoms with Gasteiger partial charge >= 0.3 is 0 Å². The van der Waals surface area contributed by atoms with Gasteiger partial charge in [0.25, 0.3) is 5.56 Å². The van der Waals surface area contributed by atoms with Gasteiger partial charge in [0, 0.05) is 24.3 Å². The third-order valence-corrected chi connectivity index (χ3v) is 5.94. The molecule has 27 heavy (non-hydrogen) atoms. The number of carbonyl (C=O) groups is 1. The predicted octanol–water partition coefficient (Wildman–Crippen LogP) is 3.54. The first-order chi connectivity index (χ1) is 12.9. The zero-order chi connectivity index (χ0) is 19.4. The van der Waals surface area contributed by atoms with Crippen molar-refractivity contribution >= 4 is 17.7 Å². The second kappa shape index (κ2) is 8.74. The molecule has 1 aromatic carbocycles. The predicted molar refractivity (Wildman–Crippen MR) is 109 cm³/mol. The van der Waals surface area contributed by atoms with Crippen LogP contribution in [0.1, 0.15) is 56.8 Å². The molecule has 1 aliphatic heterocycles. The Morgan fingerprint density at radius 1 is 1.30 bits per heavy atom. The second-order valence-corrected chi connectivity index (χ2v) is 8.48. The molecule has 1 amide bonds. The number of hydrogen-bond acceptors (Lipinski definition) is 4. The maximum Gasteiger partial charge on any atom is 0.254 e. The Labute approximate surface area is 164 Å². The molecular formula is C21H27N3O2S. The number of hydrogen-bond donors (Lipinski definition) is 1. The molecule has 1 aliphatic rings. The lowest BCUT2D eigenvalue weighted by molar-refractivity contribution is -0.122. The van der Waals surface area contributed by atoms with Crippen molar-refractivity contribution in [3.8, 4) is 0 Å². The molecule has 2 aromatic rings. The number of fused-ring (bicyclic) bond motifs is 1. The van der Waals surface area contributed by atoms with E-state index in [1.54, 1.807) is 22.4 Å². The van der Waals surface area contributed by atoms with Gasteiger partial charge < -0.3 is 5.32 Å². The maximum atomic E-state index is 12.5. The van der Waals surface area contributed by atoms with Gasteiger partial charge in [-0.2, -0.15) is 0 Å². The number of nitrogens with zero attached hydrogens (tertiary/aromatic N) is 2. The molecule has 0 fully saturated rings. The third kappa shape index (κ3) is 5.01. The van der Waals surface area contributed by atoms with Crippen LogP contribution in [0.15, 0.2) is 46.3 Å². The van der Waals surface area contributed by atoms with E-state index in [2.05, 4.69) is 22.4 Å². The largest absolute Gasteiger partial charge is 0.354 e. The van der Waals surface area contributed by atoms with E-state index in [0.717, 1.165) is 29.4 Å². The molecule has 0 spiro atoms. The van der Waals surface area contributed by atoms with E-state index in [-0.39, 0.29) is 29.5 Å². The quantitative estimate of drug-likeness (QED) is 0.741. The van der Waals surface area contributed by atoms with Crippen LogP contribution in [0.4, 0.5) is 0 Å². The summed E-state index contributed by atoms with van der Waals surface area (Å²) in [7, 11) is 0. The molecule has 0 radical (unpaired) electrons. The van der Waals surface area contributed by atoms with Crippen LogP contribution in [-0.4, -0.2) is 27.3 Å². The maximum absolute atomic E-state index is 12.5. The molecule has 0 aliphatic carbocycles. The molecule has 0 saturated heterocycles. The zero-order valence-corrected chi connectivity index (χ0v) is 17.0. The molecule has 1 N–H and O–H groups in total. The van der Waals surface area contributed by atoms with Crippen molar-refractivity contribution in [3.05, 3.63) is 58.0 Å². The number of benzene rings is 1. The Bertz CT molecular complexity index is 848. The van der Waals surface area contributed by atoms with Crippen molar-refractivity contribution in [3.63, 3.8) is 0 Å². The van der Waals surface area contributed by atoms with Crippen LogP contribution in [0.5, 0.6) is 0 Å². The van der Waals surface area contributed by atoms with E-state index >= 15 is 0 Å². The second-order valence-electron chi connectivity index (χ2n) is 7.49. The third-order valence-electron chi connectivity index (χ3n) is 4.84. The minimum atomic E-state index is -0.118. The standard InChI is InChI=1S/C21H27N3O2S/c1-14(2)18-12-20(26)24-17(13-27-21(24)23-18)11-19(25)22-15(3)9-10-16-7-5-4-6-8-16/h4-8,12,14-15,17H,9-11,13H2,1-3H3,(H,22,25). The molecule has 0 bridgehead atoms. The molecule has 1 aromatic heterocycles. The van der Waals surface area contributed by atoms with Crippen LogP contribution in [0, 0.1) is 0 Å². The lowest BCUT2D eigenvalue weighted by Crippen LogP contribution is -2.35. The van der Waals surface area contributed by atoms with Gasteiger partial charge in [-0.3, -0.25) is 14.2 Å². The van der Waals surface area contributed by atoms with Gasteiger partial charge in [-0.05, 0) is 31.2 Å².